The number of aliphatic hydroxyl groups is 1. The fraction of sp³-hybridized carbons (Fsp3) is 0.354. The molecule has 0 spiro atoms. The molecular weight excluding hydrogens is 767 g/mol. The molecule has 0 bridgehead atoms. The van der Waals surface area contributed by atoms with Crippen molar-refractivity contribution in [1.29, 1.82) is 0 Å². The minimum Gasteiger partial charge on any atom is -0.482 e. The summed E-state index contributed by atoms with van der Waals surface area (Å²) in [7, 11) is 1.51. The van der Waals surface area contributed by atoms with E-state index in [2.05, 4.69) is 0 Å². The number of aliphatic hydroxyl groups excluding tert-OH is 1. The number of methoxy groups -OCH3 is 1. The number of ketones is 1. The molecule has 7 rings (SSSR count). The Balaban J connectivity index is 1.07. The van der Waals surface area contributed by atoms with Crippen molar-refractivity contribution in [3.63, 3.8) is 0 Å². The van der Waals surface area contributed by atoms with Gasteiger partial charge in [-0.05, 0) is 60.2 Å². The molecule has 2 fully saturated rings. The molecule has 12 nitrogen and oxygen atoms in total. The first kappa shape index (κ1) is 42.6. The summed E-state index contributed by atoms with van der Waals surface area (Å²) in [6.07, 6.45) is -1.19. The second-order valence-electron chi connectivity index (χ2n) is 14.9. The van der Waals surface area contributed by atoms with Crippen molar-refractivity contribution in [3.8, 4) is 0 Å². The minimum absolute atomic E-state index is 0.152. The van der Waals surface area contributed by atoms with Crippen molar-refractivity contribution >= 4 is 17.8 Å². The topological polar surface area (TPSA) is 139 Å². The summed E-state index contributed by atoms with van der Waals surface area (Å²) in [4.78, 5) is 42.4. The number of imide groups is 1. The highest BCUT2D eigenvalue weighted by Gasteiger charge is 2.50. The van der Waals surface area contributed by atoms with Crippen molar-refractivity contribution in [3.05, 3.63) is 168 Å². The number of cyclic esters (lactones) is 1. The monoisotopic (exact) mass is 817 g/mol. The average Bonchev–Trinajstić information content (AvgIpc) is 3.59. The number of carbonyl (C=O) groups excluding carboxylic acids is 3. The number of carbonyl (C=O) groups is 3. The van der Waals surface area contributed by atoms with Gasteiger partial charge >= 0.3 is 6.09 Å². The first-order valence-electron chi connectivity index (χ1n) is 20.3. The van der Waals surface area contributed by atoms with Crippen LogP contribution in [0.5, 0.6) is 0 Å². The normalized spacial score (nSPS) is 26.4. The molecule has 9 atom stereocenters. The van der Waals surface area contributed by atoms with Crippen LogP contribution in [0.25, 0.3) is 0 Å². The lowest BCUT2D eigenvalue weighted by atomic mass is 9.88. The van der Waals surface area contributed by atoms with Gasteiger partial charge in [0.25, 0.3) is 0 Å². The average molecular weight is 818 g/mol. The number of amides is 2. The van der Waals surface area contributed by atoms with Crippen LogP contribution in [0.15, 0.2) is 145 Å². The Morgan fingerprint density at radius 1 is 0.750 bits per heavy atom. The smallest absolute Gasteiger partial charge is 0.417 e. The van der Waals surface area contributed by atoms with Gasteiger partial charge < -0.3 is 38.3 Å². The molecule has 1 N–H and O–H groups in total. The number of hydrogen-bond donors (Lipinski definition) is 1. The lowest BCUT2D eigenvalue weighted by molar-refractivity contribution is -0.319. The third-order valence-corrected chi connectivity index (χ3v) is 10.9. The van der Waals surface area contributed by atoms with E-state index in [0.717, 1.165) is 27.2 Å². The van der Waals surface area contributed by atoms with Crippen LogP contribution in [-0.2, 0) is 62.4 Å². The van der Waals surface area contributed by atoms with E-state index in [-0.39, 0.29) is 32.8 Å². The first-order valence-corrected chi connectivity index (χ1v) is 20.3. The van der Waals surface area contributed by atoms with Crippen molar-refractivity contribution in [2.24, 2.45) is 5.92 Å². The van der Waals surface area contributed by atoms with E-state index in [1.54, 1.807) is 19.1 Å². The maximum absolute atomic E-state index is 14.4. The Morgan fingerprint density at radius 3 is 1.93 bits per heavy atom. The van der Waals surface area contributed by atoms with E-state index < -0.39 is 72.7 Å². The molecule has 0 saturated carbocycles. The quantitative estimate of drug-likeness (QED) is 0.114. The maximum Gasteiger partial charge on any atom is 0.417 e. The van der Waals surface area contributed by atoms with Crippen LogP contribution in [-0.4, -0.2) is 91.0 Å². The van der Waals surface area contributed by atoms with Crippen molar-refractivity contribution < 1.29 is 52.6 Å². The van der Waals surface area contributed by atoms with E-state index in [9.17, 15) is 19.5 Å². The molecule has 0 aromatic heterocycles. The van der Waals surface area contributed by atoms with E-state index in [1.165, 1.54) is 13.2 Å². The van der Waals surface area contributed by atoms with Gasteiger partial charge in [-0.2, -0.15) is 0 Å². The Bertz CT molecular complexity index is 2060. The third kappa shape index (κ3) is 10.3. The van der Waals surface area contributed by atoms with Gasteiger partial charge in [-0.25, -0.2) is 9.69 Å². The molecule has 0 radical (unpaired) electrons. The third-order valence-electron chi connectivity index (χ3n) is 10.9. The van der Waals surface area contributed by atoms with Gasteiger partial charge in [0.1, 0.15) is 36.3 Å². The van der Waals surface area contributed by atoms with Crippen LogP contribution >= 0.6 is 0 Å². The Hall–Kier alpha value is -5.47. The Labute approximate surface area is 350 Å². The zero-order valence-corrected chi connectivity index (χ0v) is 33.7. The Morgan fingerprint density at radius 2 is 1.33 bits per heavy atom. The number of ether oxygens (including phenoxy) is 7. The van der Waals surface area contributed by atoms with Crippen LogP contribution < -0.4 is 0 Å². The number of allylic oxidation sites excluding steroid dienone is 1. The molecule has 2 amide bonds. The lowest BCUT2D eigenvalue weighted by Crippen LogP contribution is -2.61. The van der Waals surface area contributed by atoms with Gasteiger partial charge in [-0.3, -0.25) is 9.59 Å². The second-order valence-corrected chi connectivity index (χ2v) is 14.9. The van der Waals surface area contributed by atoms with Gasteiger partial charge in [0.2, 0.25) is 5.91 Å². The van der Waals surface area contributed by atoms with Crippen molar-refractivity contribution in [2.45, 2.75) is 81.9 Å². The maximum atomic E-state index is 14.4. The van der Waals surface area contributed by atoms with Crippen molar-refractivity contribution in [2.75, 3.05) is 20.3 Å². The molecule has 4 aromatic rings. The lowest BCUT2D eigenvalue weighted by Gasteiger charge is -2.45. The summed E-state index contributed by atoms with van der Waals surface area (Å²) in [6, 6.07) is 37.4. The highest BCUT2D eigenvalue weighted by molar-refractivity contribution is 6.02. The molecule has 3 heterocycles. The summed E-state index contributed by atoms with van der Waals surface area (Å²) < 4.78 is 43.3. The zero-order chi connectivity index (χ0) is 41.8. The highest BCUT2D eigenvalue weighted by atomic mass is 16.7. The summed E-state index contributed by atoms with van der Waals surface area (Å²) in [6.45, 7) is 2.12. The molecular formula is C48H51NO11. The standard InChI is InChI=1S/C48H51NO11/c1-32-41(36-22-13-6-14-23-36)60-48(53)49(32)46(52)38(28-33-16-7-3-8-17-33)42-39(51)26-25-37(58-42)24-15-27-55-45-44(57-31-35-20-11-5-12-21-35)43(40(29-50)59-47(45)54-2)56-30-34-18-9-4-10-19-34/h3-14,16-26,32,38,40-45,47,50H,15,27-31H2,1-2H3/t32-,38-,40-,41-,42-,43-,44+,45+,47+/m1/s1. The number of benzene rings is 4. The summed E-state index contributed by atoms with van der Waals surface area (Å²) in [5.41, 5.74) is 3.47. The predicted octanol–water partition coefficient (Wildman–Crippen LogP) is 6.67. The Kier molecular flexibility index (Phi) is 14.7. The van der Waals surface area contributed by atoms with Gasteiger partial charge in [0.05, 0.1) is 38.4 Å². The number of rotatable bonds is 17. The highest BCUT2D eigenvalue weighted by Crippen LogP contribution is 2.36. The fourth-order valence-electron chi connectivity index (χ4n) is 7.84. The van der Waals surface area contributed by atoms with Crippen LogP contribution in [0.3, 0.4) is 0 Å². The molecule has 4 aromatic carbocycles. The summed E-state index contributed by atoms with van der Waals surface area (Å²) in [5, 5.41) is 10.4. The second kappa shape index (κ2) is 20.7. The molecule has 2 saturated heterocycles. The molecule has 12 heteroatoms. The number of nitrogens with zero attached hydrogens (tertiary/aromatic N) is 1. The zero-order valence-electron chi connectivity index (χ0n) is 33.7. The molecule has 0 unspecified atom stereocenters. The van der Waals surface area contributed by atoms with E-state index in [0.29, 0.717) is 12.2 Å². The fourth-order valence-corrected chi connectivity index (χ4v) is 7.84. The largest absolute Gasteiger partial charge is 0.482 e. The van der Waals surface area contributed by atoms with E-state index in [4.69, 9.17) is 33.2 Å². The van der Waals surface area contributed by atoms with E-state index in [1.807, 2.05) is 121 Å². The van der Waals surface area contributed by atoms with Crippen molar-refractivity contribution in [1.82, 2.24) is 4.90 Å². The van der Waals surface area contributed by atoms with Crippen LogP contribution in [0.4, 0.5) is 4.79 Å². The number of hydrogen-bond acceptors (Lipinski definition) is 11. The van der Waals surface area contributed by atoms with Gasteiger partial charge in [-0.1, -0.05) is 121 Å². The van der Waals surface area contributed by atoms with Gasteiger partial charge in [-0.15, -0.1) is 0 Å². The SMILES string of the molecule is CO[C@H]1O[C@H](CO)[C@@H](OCc2ccccc2)[C@H](OCc2ccccc2)[C@@H]1OCCC=C1C=CC(=O)[C@@H]([C@@H](Cc2ccccc2)C(=O)N2C(=O)O[C@@H](c3ccccc3)[C@H]2C)O1. The van der Waals surface area contributed by atoms with Crippen LogP contribution in [0.1, 0.15) is 41.7 Å². The summed E-state index contributed by atoms with van der Waals surface area (Å²) in [5.74, 6) is -1.61. The molecule has 314 valence electrons. The molecule has 3 aliphatic heterocycles. The van der Waals surface area contributed by atoms with Gasteiger partial charge in [0, 0.05) is 7.11 Å². The van der Waals surface area contributed by atoms with Crippen LogP contribution in [0, 0.1) is 5.92 Å². The predicted molar refractivity (Wildman–Crippen MR) is 220 cm³/mol. The first-order chi connectivity index (χ1) is 29.3. The van der Waals surface area contributed by atoms with E-state index >= 15 is 0 Å². The molecule has 3 aliphatic rings. The summed E-state index contributed by atoms with van der Waals surface area (Å²) >= 11 is 0. The van der Waals surface area contributed by atoms with Gasteiger partial charge in [0.15, 0.2) is 18.2 Å². The van der Waals surface area contributed by atoms with Crippen LogP contribution in [0.2, 0.25) is 0 Å². The minimum atomic E-state index is -1.20. The molecule has 0 aliphatic carbocycles. The molecule has 60 heavy (non-hydrogen) atoms.